The summed E-state index contributed by atoms with van der Waals surface area (Å²) < 4.78 is 6.61. The van der Waals surface area contributed by atoms with Crippen LogP contribution in [-0.4, -0.2) is 6.71 Å². The van der Waals surface area contributed by atoms with Crippen LogP contribution in [0.5, 0.6) is 0 Å². The Kier molecular flexibility index (Phi) is 4.80. The van der Waals surface area contributed by atoms with Crippen LogP contribution in [0.4, 0.5) is 34.1 Å². The molecule has 0 radical (unpaired) electrons. The molecule has 0 bridgehead atoms. The predicted octanol–water partition coefficient (Wildman–Crippen LogP) is 8.82. The summed E-state index contributed by atoms with van der Waals surface area (Å²) in [6.07, 6.45) is 0. The lowest BCUT2D eigenvalue weighted by molar-refractivity contribution is 0.669. The van der Waals surface area contributed by atoms with E-state index in [1.807, 2.05) is 0 Å². The van der Waals surface area contributed by atoms with Crippen molar-refractivity contribution in [3.63, 3.8) is 0 Å². The van der Waals surface area contributed by atoms with Crippen LogP contribution in [0.3, 0.4) is 0 Å². The molecule has 0 atom stereocenters. The molecule has 3 heterocycles. The van der Waals surface area contributed by atoms with E-state index >= 15 is 0 Å². The maximum atomic E-state index is 6.61. The molecule has 10 rings (SSSR count). The first-order valence-corrected chi connectivity index (χ1v) is 15.2. The third kappa shape index (κ3) is 3.17. The van der Waals surface area contributed by atoms with Gasteiger partial charge in [0, 0.05) is 33.8 Å². The number of benzene rings is 7. The van der Waals surface area contributed by atoms with E-state index in [0.29, 0.717) is 0 Å². The second kappa shape index (κ2) is 8.89. The van der Waals surface area contributed by atoms with Crippen molar-refractivity contribution in [3.8, 4) is 0 Å². The number of anilines is 6. The van der Waals surface area contributed by atoms with Gasteiger partial charge in [-0.15, -0.1) is 0 Å². The number of rotatable bonds is 2. The van der Waals surface area contributed by atoms with Crippen molar-refractivity contribution < 1.29 is 4.42 Å². The van der Waals surface area contributed by atoms with Gasteiger partial charge in [0.25, 0.3) is 6.71 Å². The van der Waals surface area contributed by atoms with E-state index in [-0.39, 0.29) is 6.71 Å². The minimum Gasteiger partial charge on any atom is -0.456 e. The summed E-state index contributed by atoms with van der Waals surface area (Å²) >= 11 is 0. The predicted molar refractivity (Wildman–Crippen MR) is 185 cm³/mol. The Bertz CT molecular complexity index is 2420. The molecule has 2 aliphatic rings. The Morgan fingerprint density at radius 2 is 1.07 bits per heavy atom. The molecule has 0 fully saturated rings. The Morgan fingerprint density at radius 3 is 1.84 bits per heavy atom. The van der Waals surface area contributed by atoms with Crippen molar-refractivity contribution in [3.05, 3.63) is 152 Å². The quantitative estimate of drug-likeness (QED) is 0.197. The van der Waals surface area contributed by atoms with Crippen molar-refractivity contribution in [2.45, 2.75) is 0 Å². The van der Waals surface area contributed by atoms with E-state index in [2.05, 4.69) is 161 Å². The normalized spacial score (nSPS) is 13.3. The number of para-hydroxylation sites is 3. The summed E-state index contributed by atoms with van der Waals surface area (Å²) in [5.41, 5.74) is 12.9. The standard InChI is InChI=1S/C40H25BN2O/c1-3-14-28(15-4-1)42-33-19-10-9-18-31(33)41-32-22-23-36-38(30-24-26-12-7-8-13-27(26)25-37(30)44-36)40(32)43(29-16-5-2-6-17-29)35-21-11-20-34(42)39(35)41/h1-25H. The molecule has 1 aromatic heterocycles. The topological polar surface area (TPSA) is 19.6 Å². The molecule has 0 saturated heterocycles. The van der Waals surface area contributed by atoms with Crippen molar-refractivity contribution in [1.29, 1.82) is 0 Å². The lowest BCUT2D eigenvalue weighted by atomic mass is 9.33. The number of hydrogen-bond acceptors (Lipinski definition) is 3. The smallest absolute Gasteiger partial charge is 0.252 e. The highest BCUT2D eigenvalue weighted by Gasteiger charge is 2.43. The summed E-state index contributed by atoms with van der Waals surface area (Å²) in [5, 5.41) is 4.70. The number of fused-ring (bicyclic) bond motifs is 9. The molecular formula is C40H25BN2O. The average Bonchev–Trinajstić information content (AvgIpc) is 3.45. The molecule has 44 heavy (non-hydrogen) atoms. The minimum absolute atomic E-state index is 0.0714. The first-order chi connectivity index (χ1) is 21.8. The Labute approximate surface area is 255 Å². The second-order valence-corrected chi connectivity index (χ2v) is 11.7. The van der Waals surface area contributed by atoms with Gasteiger partial charge in [-0.3, -0.25) is 0 Å². The van der Waals surface area contributed by atoms with Crippen LogP contribution in [-0.2, 0) is 0 Å². The Balaban J connectivity index is 1.36. The molecule has 4 heteroatoms. The molecule has 0 N–H and O–H groups in total. The molecule has 0 spiro atoms. The molecule has 3 nitrogen and oxygen atoms in total. The van der Waals surface area contributed by atoms with Gasteiger partial charge in [-0.25, -0.2) is 0 Å². The summed E-state index contributed by atoms with van der Waals surface area (Å²) in [6.45, 7) is 0.0714. The van der Waals surface area contributed by atoms with Crippen LogP contribution in [0.15, 0.2) is 156 Å². The number of furan rings is 1. The lowest BCUT2D eigenvalue weighted by Crippen LogP contribution is -2.61. The highest BCUT2D eigenvalue weighted by atomic mass is 16.3. The van der Waals surface area contributed by atoms with Crippen molar-refractivity contribution >= 4 is 89.9 Å². The summed E-state index contributed by atoms with van der Waals surface area (Å²) in [5.74, 6) is 0. The maximum absolute atomic E-state index is 6.61. The highest BCUT2D eigenvalue weighted by Crippen LogP contribution is 2.47. The van der Waals surface area contributed by atoms with Gasteiger partial charge >= 0.3 is 0 Å². The molecule has 204 valence electrons. The molecule has 8 aromatic rings. The average molecular weight is 560 g/mol. The van der Waals surface area contributed by atoms with E-state index < -0.39 is 0 Å². The number of hydrogen-bond donors (Lipinski definition) is 0. The molecule has 0 saturated carbocycles. The molecule has 2 aliphatic heterocycles. The van der Waals surface area contributed by atoms with Crippen LogP contribution in [0.2, 0.25) is 0 Å². The highest BCUT2D eigenvalue weighted by molar-refractivity contribution is 7.00. The van der Waals surface area contributed by atoms with Crippen LogP contribution in [0.25, 0.3) is 32.7 Å². The van der Waals surface area contributed by atoms with Crippen LogP contribution < -0.4 is 26.2 Å². The second-order valence-electron chi connectivity index (χ2n) is 11.7. The van der Waals surface area contributed by atoms with E-state index in [0.717, 1.165) is 33.3 Å². The van der Waals surface area contributed by atoms with E-state index in [4.69, 9.17) is 4.42 Å². The summed E-state index contributed by atoms with van der Waals surface area (Å²) in [4.78, 5) is 4.89. The molecule has 0 aliphatic carbocycles. The van der Waals surface area contributed by atoms with Gasteiger partial charge in [0.05, 0.1) is 11.1 Å². The number of nitrogens with zero attached hydrogens (tertiary/aromatic N) is 2. The van der Waals surface area contributed by atoms with Gasteiger partial charge < -0.3 is 14.2 Å². The first-order valence-electron chi connectivity index (χ1n) is 15.2. The molecule has 7 aromatic carbocycles. The molecular weight excluding hydrogens is 535 g/mol. The zero-order valence-electron chi connectivity index (χ0n) is 23.8. The van der Waals surface area contributed by atoms with Gasteiger partial charge in [0.1, 0.15) is 11.2 Å². The fraction of sp³-hybridized carbons (Fsp3) is 0. The maximum Gasteiger partial charge on any atom is 0.252 e. The Morgan fingerprint density at radius 1 is 0.455 bits per heavy atom. The van der Waals surface area contributed by atoms with Crippen molar-refractivity contribution in [2.24, 2.45) is 0 Å². The van der Waals surface area contributed by atoms with Gasteiger partial charge in [0.2, 0.25) is 0 Å². The van der Waals surface area contributed by atoms with Crippen LogP contribution >= 0.6 is 0 Å². The van der Waals surface area contributed by atoms with E-state index in [1.54, 1.807) is 0 Å². The first kappa shape index (κ1) is 23.8. The third-order valence-corrected chi connectivity index (χ3v) is 9.39. The SMILES string of the molecule is c1ccc(N2c3ccccc3B3c4ccc5oc6cc7ccccc7cc6c5c4N(c4ccccc4)c4cccc2c43)cc1. The fourth-order valence-electron chi connectivity index (χ4n) is 7.62. The monoisotopic (exact) mass is 560 g/mol. The van der Waals surface area contributed by atoms with Gasteiger partial charge in [-0.1, -0.05) is 91.0 Å². The van der Waals surface area contributed by atoms with Gasteiger partial charge in [-0.2, -0.15) is 0 Å². The molecule has 0 amide bonds. The minimum atomic E-state index is 0.0714. The van der Waals surface area contributed by atoms with Crippen molar-refractivity contribution in [2.75, 3.05) is 9.80 Å². The summed E-state index contributed by atoms with van der Waals surface area (Å²) in [6, 6.07) is 54.7. The Hall–Kier alpha value is -5.74. The zero-order chi connectivity index (χ0) is 28.8. The van der Waals surface area contributed by atoms with Gasteiger partial charge in [0.15, 0.2) is 0 Å². The zero-order valence-corrected chi connectivity index (χ0v) is 23.8. The van der Waals surface area contributed by atoms with Crippen LogP contribution in [0.1, 0.15) is 0 Å². The van der Waals surface area contributed by atoms with E-state index in [9.17, 15) is 0 Å². The summed E-state index contributed by atoms with van der Waals surface area (Å²) in [7, 11) is 0. The van der Waals surface area contributed by atoms with E-state index in [1.165, 1.54) is 49.9 Å². The molecule has 0 unspecified atom stereocenters. The largest absolute Gasteiger partial charge is 0.456 e. The van der Waals surface area contributed by atoms with Gasteiger partial charge in [-0.05, 0) is 87.8 Å². The fourth-order valence-corrected chi connectivity index (χ4v) is 7.62. The van der Waals surface area contributed by atoms with Crippen LogP contribution in [0, 0.1) is 0 Å². The van der Waals surface area contributed by atoms with Crippen molar-refractivity contribution in [1.82, 2.24) is 0 Å². The lowest BCUT2D eigenvalue weighted by Gasteiger charge is -2.44. The third-order valence-electron chi connectivity index (χ3n) is 9.39.